The van der Waals surface area contributed by atoms with Crippen LogP contribution in [0.5, 0.6) is 0 Å². The maximum Gasteiger partial charge on any atom is 0.255 e. The van der Waals surface area contributed by atoms with Crippen LogP contribution < -0.4 is 9.62 Å². The molecule has 1 amide bonds. The van der Waals surface area contributed by atoms with Gasteiger partial charge in [0, 0.05) is 47.5 Å². The first kappa shape index (κ1) is 26.9. The second kappa shape index (κ2) is 11.3. The lowest BCUT2D eigenvalue weighted by Crippen LogP contribution is -2.28. The quantitative estimate of drug-likeness (QED) is 0.202. The Hall–Kier alpha value is -1.74. The zero-order valence-electron chi connectivity index (χ0n) is 18.3. The van der Waals surface area contributed by atoms with E-state index in [9.17, 15) is 22.0 Å². The number of aromatic nitrogens is 1. The number of pyridine rings is 1. The van der Waals surface area contributed by atoms with Gasteiger partial charge in [0.1, 0.15) is 15.6 Å². The predicted octanol–water partition coefficient (Wildman–Crippen LogP) is 3.93. The van der Waals surface area contributed by atoms with Crippen molar-refractivity contribution < 1.29 is 26.4 Å². The van der Waals surface area contributed by atoms with Crippen LogP contribution in [-0.2, 0) is 21.1 Å². The summed E-state index contributed by atoms with van der Waals surface area (Å²) in [6.07, 6.45) is 2.61. The fraction of sp³-hybridized carbons (Fsp3) is 0.333. The number of amides is 1. The minimum Gasteiger partial charge on any atom is -0.755 e. The van der Waals surface area contributed by atoms with Crippen molar-refractivity contribution in [1.29, 1.82) is 0 Å². The molecule has 9 nitrogen and oxygen atoms in total. The molecule has 0 radical (unpaired) electrons. The van der Waals surface area contributed by atoms with Gasteiger partial charge in [0.25, 0.3) is 5.91 Å². The van der Waals surface area contributed by atoms with E-state index in [-0.39, 0.29) is 35.3 Å². The Labute approximate surface area is 218 Å². The number of halogens is 2. The molecule has 3 aromatic rings. The number of anilines is 1. The van der Waals surface area contributed by atoms with Crippen LogP contribution in [0.3, 0.4) is 0 Å². The number of hydrogen-bond acceptors (Lipinski definition) is 7. The van der Waals surface area contributed by atoms with Crippen molar-refractivity contribution in [2.75, 3.05) is 29.9 Å². The highest BCUT2D eigenvalue weighted by molar-refractivity contribution is 14.1. The van der Waals surface area contributed by atoms with E-state index in [2.05, 4.69) is 10.3 Å². The summed E-state index contributed by atoms with van der Waals surface area (Å²) < 4.78 is 54.1. The molecular formula is C21H22ClIN3O6S2-. The van der Waals surface area contributed by atoms with Crippen molar-refractivity contribution in [3.05, 3.63) is 44.5 Å². The minimum atomic E-state index is -3.06. The molecule has 13 heteroatoms. The van der Waals surface area contributed by atoms with Gasteiger partial charge in [-0.2, -0.15) is 4.98 Å². The molecule has 0 aliphatic heterocycles. The Morgan fingerprint density at radius 3 is 2.53 bits per heavy atom. The first-order valence-corrected chi connectivity index (χ1v) is 14.7. The van der Waals surface area contributed by atoms with Gasteiger partial charge in [-0.1, -0.05) is 18.0 Å². The zero-order chi connectivity index (χ0) is 25.0. The van der Waals surface area contributed by atoms with Gasteiger partial charge in [-0.25, -0.2) is 8.42 Å². The van der Waals surface area contributed by atoms with Gasteiger partial charge in [0.2, 0.25) is 5.71 Å². The van der Waals surface area contributed by atoms with Crippen molar-refractivity contribution in [1.82, 2.24) is 10.3 Å². The Morgan fingerprint density at radius 2 is 1.94 bits per heavy atom. The Morgan fingerprint density at radius 1 is 1.26 bits per heavy atom. The van der Waals surface area contributed by atoms with Crippen LogP contribution >= 0.6 is 34.2 Å². The third kappa shape index (κ3) is 6.47. The van der Waals surface area contributed by atoms with E-state index in [0.717, 1.165) is 4.31 Å². The smallest absolute Gasteiger partial charge is 0.255 e. The summed E-state index contributed by atoms with van der Waals surface area (Å²) in [7, 11) is -1.56. The molecular weight excluding hydrogens is 617 g/mol. The summed E-state index contributed by atoms with van der Waals surface area (Å²) >= 11 is 5.33. The van der Waals surface area contributed by atoms with Crippen molar-refractivity contribution in [3.63, 3.8) is 0 Å². The largest absolute Gasteiger partial charge is 0.755 e. The first-order valence-electron chi connectivity index (χ1n) is 10.2. The lowest BCUT2D eigenvalue weighted by molar-refractivity contribution is 0.0964. The van der Waals surface area contributed by atoms with E-state index >= 15 is 0 Å². The molecule has 3 rings (SSSR count). The molecule has 34 heavy (non-hydrogen) atoms. The molecule has 1 unspecified atom stereocenters. The van der Waals surface area contributed by atoms with E-state index < -0.39 is 21.1 Å². The van der Waals surface area contributed by atoms with E-state index in [1.807, 2.05) is 22.6 Å². The zero-order valence-corrected chi connectivity index (χ0v) is 22.9. The van der Waals surface area contributed by atoms with Crippen molar-refractivity contribution in [2.45, 2.75) is 19.3 Å². The van der Waals surface area contributed by atoms with Gasteiger partial charge < -0.3 is 14.3 Å². The highest BCUT2D eigenvalue weighted by atomic mass is 127. The summed E-state index contributed by atoms with van der Waals surface area (Å²) in [5.74, 6) is 0.146. The Kier molecular flexibility index (Phi) is 8.95. The molecule has 2 aromatic heterocycles. The number of carbonyl (C=O) groups excluding carboxylic acids is 1. The van der Waals surface area contributed by atoms with Crippen LogP contribution in [0.4, 0.5) is 5.82 Å². The third-order valence-electron chi connectivity index (χ3n) is 4.97. The summed E-state index contributed by atoms with van der Waals surface area (Å²) in [4.78, 5) is 17.1. The normalized spacial score (nSPS) is 12.6. The van der Waals surface area contributed by atoms with Crippen LogP contribution in [-0.4, -0.2) is 53.7 Å². The number of benzene rings is 1. The van der Waals surface area contributed by atoms with Gasteiger partial charge >= 0.3 is 0 Å². The van der Waals surface area contributed by atoms with E-state index in [1.54, 1.807) is 30.3 Å². The summed E-state index contributed by atoms with van der Waals surface area (Å²) in [6, 6.07) is 8.44. The summed E-state index contributed by atoms with van der Waals surface area (Å²) in [5, 5.41) is 3.58. The fourth-order valence-corrected chi connectivity index (χ4v) is 5.67. The molecule has 2 heterocycles. The molecule has 0 saturated heterocycles. The standard InChI is InChI=1S/C21H23ClIN3O6S2/c1-24-20(27)17-15-12-16(23)19(26(33(28)29)10-4-3-5-11-34(2,30)31)25-21(15)32-18(17)13-6-8-14(22)9-7-13/h6-9,12H,3-5,10-11H2,1-2H3,(H,24,27)(H,28,29)/p-1. The number of unbranched alkanes of at least 4 members (excludes halogenated alkanes) is 2. The monoisotopic (exact) mass is 638 g/mol. The molecule has 1 N–H and O–H groups in total. The number of sulfone groups is 1. The second-order valence-electron chi connectivity index (χ2n) is 7.55. The maximum atomic E-state index is 12.7. The average Bonchev–Trinajstić information content (AvgIpc) is 3.13. The number of rotatable bonds is 10. The molecule has 0 bridgehead atoms. The third-order valence-corrected chi connectivity index (χ3v) is 7.76. The Bertz CT molecular complexity index is 1330. The van der Waals surface area contributed by atoms with Crippen molar-refractivity contribution >= 4 is 78.1 Å². The second-order valence-corrected chi connectivity index (χ2v) is 12.3. The lowest BCUT2D eigenvalue weighted by Gasteiger charge is -2.26. The number of carbonyl (C=O) groups is 1. The SMILES string of the molecule is CNC(=O)c1c(-c2ccc(Cl)cc2)oc2nc(N(CCCCCS(C)(=O)=O)S(=O)[O-])c(I)cc12. The molecule has 0 spiro atoms. The van der Waals surface area contributed by atoms with Crippen molar-refractivity contribution in [2.24, 2.45) is 0 Å². The van der Waals surface area contributed by atoms with Crippen LogP contribution in [0.15, 0.2) is 34.7 Å². The van der Waals surface area contributed by atoms with Gasteiger partial charge in [0.15, 0.2) is 5.82 Å². The van der Waals surface area contributed by atoms with Gasteiger partial charge in [-0.05, 0) is 65.8 Å². The van der Waals surface area contributed by atoms with Crippen molar-refractivity contribution in [3.8, 4) is 11.3 Å². The molecule has 0 fully saturated rings. The van der Waals surface area contributed by atoms with Crippen LogP contribution in [0.1, 0.15) is 29.6 Å². The summed E-state index contributed by atoms with van der Waals surface area (Å²) in [5.41, 5.74) is 1.02. The van der Waals surface area contributed by atoms with E-state index in [1.165, 1.54) is 13.3 Å². The average molecular weight is 639 g/mol. The number of fused-ring (bicyclic) bond motifs is 1. The first-order chi connectivity index (χ1) is 16.0. The van der Waals surface area contributed by atoms with Gasteiger partial charge in [-0.15, -0.1) is 0 Å². The van der Waals surface area contributed by atoms with Gasteiger partial charge in [-0.3, -0.25) is 13.3 Å². The number of nitrogens with zero attached hydrogens (tertiary/aromatic N) is 2. The topological polar surface area (TPSA) is 133 Å². The Balaban J connectivity index is 1.98. The number of hydrogen-bond donors (Lipinski definition) is 1. The highest BCUT2D eigenvalue weighted by Crippen LogP contribution is 2.36. The lowest BCUT2D eigenvalue weighted by atomic mass is 10.1. The molecule has 0 aliphatic rings. The van der Waals surface area contributed by atoms with Crippen LogP contribution in [0, 0.1) is 3.57 Å². The highest BCUT2D eigenvalue weighted by Gasteiger charge is 2.25. The molecule has 1 atom stereocenters. The summed E-state index contributed by atoms with van der Waals surface area (Å²) in [6.45, 7) is 0.126. The molecule has 0 aliphatic carbocycles. The molecule has 1 aromatic carbocycles. The van der Waals surface area contributed by atoms with Gasteiger partial charge in [0.05, 0.1) is 14.5 Å². The fourth-order valence-electron chi connectivity index (χ4n) is 3.37. The van der Waals surface area contributed by atoms with Crippen LogP contribution in [0.2, 0.25) is 5.02 Å². The minimum absolute atomic E-state index is 0.0529. The number of furan rings is 1. The molecule has 184 valence electrons. The number of nitrogens with one attached hydrogen (secondary N) is 1. The predicted molar refractivity (Wildman–Crippen MR) is 140 cm³/mol. The van der Waals surface area contributed by atoms with E-state index in [0.29, 0.717) is 44.6 Å². The van der Waals surface area contributed by atoms with E-state index in [4.69, 9.17) is 16.0 Å². The molecule has 0 saturated carbocycles. The van der Waals surface area contributed by atoms with Crippen LogP contribution in [0.25, 0.3) is 22.4 Å². The maximum absolute atomic E-state index is 12.7.